The van der Waals surface area contributed by atoms with Crippen LogP contribution in [0, 0.1) is 5.92 Å². The molecule has 2 aromatic rings. The van der Waals surface area contributed by atoms with Crippen molar-refractivity contribution in [2.45, 2.75) is 0 Å². The van der Waals surface area contributed by atoms with E-state index in [0.29, 0.717) is 16.5 Å². The van der Waals surface area contributed by atoms with Crippen LogP contribution in [0.4, 0.5) is 10.5 Å². The van der Waals surface area contributed by atoms with E-state index >= 15 is 0 Å². The number of amides is 5. The quantitative estimate of drug-likeness (QED) is 0.768. The molecule has 0 atom stereocenters. The Morgan fingerprint density at radius 3 is 2.11 bits per heavy atom. The molecule has 0 aliphatic carbocycles. The SMILES string of the molecule is CN1C(=O)C(C(=O)Nc2ccc(Oc3ncc(Cl)cn3)cc2)C(=O)N(C)C1=O. The van der Waals surface area contributed by atoms with Crippen LogP contribution in [0.5, 0.6) is 11.8 Å². The Morgan fingerprint density at radius 2 is 1.57 bits per heavy atom. The average molecular weight is 404 g/mol. The van der Waals surface area contributed by atoms with E-state index in [-0.39, 0.29) is 6.01 Å². The van der Waals surface area contributed by atoms with Crippen LogP contribution in [0.3, 0.4) is 0 Å². The van der Waals surface area contributed by atoms with Crippen molar-refractivity contribution >= 4 is 41.0 Å². The van der Waals surface area contributed by atoms with Gasteiger partial charge in [-0.25, -0.2) is 14.8 Å². The van der Waals surface area contributed by atoms with Gasteiger partial charge in [0, 0.05) is 19.8 Å². The summed E-state index contributed by atoms with van der Waals surface area (Å²) >= 11 is 5.70. The van der Waals surface area contributed by atoms with Crippen molar-refractivity contribution in [2.75, 3.05) is 19.4 Å². The Hall–Kier alpha value is -3.53. The minimum absolute atomic E-state index is 0.0929. The highest BCUT2D eigenvalue weighted by Gasteiger charge is 2.46. The maximum atomic E-state index is 12.4. The van der Waals surface area contributed by atoms with Gasteiger partial charge < -0.3 is 10.1 Å². The van der Waals surface area contributed by atoms with Gasteiger partial charge in [0.25, 0.3) is 11.8 Å². The van der Waals surface area contributed by atoms with Gasteiger partial charge in [-0.1, -0.05) is 11.6 Å². The first-order valence-corrected chi connectivity index (χ1v) is 8.31. The maximum absolute atomic E-state index is 12.4. The second kappa shape index (κ2) is 7.61. The Kier molecular flexibility index (Phi) is 5.23. The van der Waals surface area contributed by atoms with Crippen LogP contribution in [0.25, 0.3) is 0 Å². The predicted molar refractivity (Wildman–Crippen MR) is 96.6 cm³/mol. The van der Waals surface area contributed by atoms with Crippen LogP contribution >= 0.6 is 11.6 Å². The second-order valence-electron chi connectivity index (χ2n) is 5.81. The van der Waals surface area contributed by atoms with E-state index in [1.165, 1.54) is 38.6 Å². The molecule has 1 aliphatic rings. The molecular weight excluding hydrogens is 390 g/mol. The van der Waals surface area contributed by atoms with Gasteiger partial charge in [0.1, 0.15) is 5.75 Å². The number of nitrogens with one attached hydrogen (secondary N) is 1. The summed E-state index contributed by atoms with van der Waals surface area (Å²) in [7, 11) is 2.41. The first kappa shape index (κ1) is 19.2. The van der Waals surface area contributed by atoms with Gasteiger partial charge in [-0.05, 0) is 24.3 Å². The third-order valence-electron chi connectivity index (χ3n) is 3.92. The normalized spacial score (nSPS) is 15.0. The van der Waals surface area contributed by atoms with Crippen molar-refractivity contribution in [3.8, 4) is 11.8 Å². The molecule has 1 fully saturated rings. The number of hydrogen-bond donors (Lipinski definition) is 1. The summed E-state index contributed by atoms with van der Waals surface area (Å²) in [6.45, 7) is 0. The molecule has 1 aromatic carbocycles. The zero-order valence-corrected chi connectivity index (χ0v) is 15.5. The van der Waals surface area contributed by atoms with Crippen LogP contribution < -0.4 is 10.1 Å². The van der Waals surface area contributed by atoms with Crippen LogP contribution in [-0.2, 0) is 14.4 Å². The Bertz CT molecular complexity index is 923. The van der Waals surface area contributed by atoms with E-state index in [1.807, 2.05) is 0 Å². The summed E-state index contributed by atoms with van der Waals surface area (Å²) in [6.07, 6.45) is 2.77. The molecule has 1 N–H and O–H groups in total. The molecule has 2 heterocycles. The van der Waals surface area contributed by atoms with E-state index in [9.17, 15) is 19.2 Å². The molecular formula is C17H14ClN5O5. The molecule has 1 aliphatic heterocycles. The number of carbonyl (C=O) groups excluding carboxylic acids is 4. The van der Waals surface area contributed by atoms with Gasteiger partial charge in [0.2, 0.25) is 5.91 Å². The molecule has 11 heteroatoms. The lowest BCUT2D eigenvalue weighted by Crippen LogP contribution is -2.59. The number of benzene rings is 1. The number of nitrogens with zero attached hydrogens (tertiary/aromatic N) is 4. The average Bonchev–Trinajstić information content (AvgIpc) is 2.68. The lowest BCUT2D eigenvalue weighted by Gasteiger charge is -2.32. The fraction of sp³-hybridized carbons (Fsp3) is 0.176. The number of anilines is 1. The third-order valence-corrected chi connectivity index (χ3v) is 4.11. The van der Waals surface area contributed by atoms with Crippen LogP contribution in [0.15, 0.2) is 36.7 Å². The van der Waals surface area contributed by atoms with E-state index in [1.54, 1.807) is 12.1 Å². The number of carbonyl (C=O) groups is 4. The summed E-state index contributed by atoms with van der Waals surface area (Å²) in [5.41, 5.74) is 0.331. The smallest absolute Gasteiger partial charge is 0.332 e. The van der Waals surface area contributed by atoms with Gasteiger partial charge in [0.15, 0.2) is 5.92 Å². The second-order valence-corrected chi connectivity index (χ2v) is 6.25. The summed E-state index contributed by atoms with van der Waals surface area (Å²) in [5, 5.41) is 2.85. The van der Waals surface area contributed by atoms with Crippen molar-refractivity contribution in [3.05, 3.63) is 41.7 Å². The maximum Gasteiger partial charge on any atom is 0.332 e. The first-order chi connectivity index (χ1) is 13.3. The molecule has 10 nitrogen and oxygen atoms in total. The van der Waals surface area contributed by atoms with Gasteiger partial charge in [-0.3, -0.25) is 24.2 Å². The van der Waals surface area contributed by atoms with E-state index < -0.39 is 29.7 Å². The van der Waals surface area contributed by atoms with Crippen molar-refractivity contribution in [3.63, 3.8) is 0 Å². The summed E-state index contributed by atoms with van der Waals surface area (Å²) in [5.74, 6) is -3.84. The lowest BCUT2D eigenvalue weighted by molar-refractivity contribution is -0.151. The summed E-state index contributed by atoms with van der Waals surface area (Å²) in [4.78, 5) is 57.7. The predicted octanol–water partition coefficient (Wildman–Crippen LogP) is 1.53. The van der Waals surface area contributed by atoms with Crippen molar-refractivity contribution in [1.29, 1.82) is 0 Å². The Labute approximate surface area is 164 Å². The number of ether oxygens (including phenoxy) is 1. The topological polar surface area (TPSA) is 122 Å². The molecule has 0 bridgehead atoms. The van der Waals surface area contributed by atoms with E-state index in [4.69, 9.17) is 16.3 Å². The highest BCUT2D eigenvalue weighted by molar-refractivity contribution is 6.30. The third kappa shape index (κ3) is 3.76. The minimum atomic E-state index is -1.63. The number of aromatic nitrogens is 2. The van der Waals surface area contributed by atoms with Crippen molar-refractivity contribution in [1.82, 2.24) is 19.8 Å². The standard InChI is InChI=1S/C17H14ClN5O5/c1-22-14(25)12(15(26)23(2)17(22)27)13(24)21-10-3-5-11(6-4-10)28-16-19-7-9(18)8-20-16/h3-8,12H,1-2H3,(H,21,24). The molecule has 0 saturated carbocycles. The number of imide groups is 2. The highest BCUT2D eigenvalue weighted by atomic mass is 35.5. The van der Waals surface area contributed by atoms with Crippen LogP contribution in [0.2, 0.25) is 5.02 Å². The largest absolute Gasteiger partial charge is 0.424 e. The monoisotopic (exact) mass is 403 g/mol. The van der Waals surface area contributed by atoms with Gasteiger partial charge in [-0.15, -0.1) is 0 Å². The highest BCUT2D eigenvalue weighted by Crippen LogP contribution is 2.22. The lowest BCUT2D eigenvalue weighted by atomic mass is 10.0. The molecule has 0 spiro atoms. The molecule has 1 saturated heterocycles. The van der Waals surface area contributed by atoms with Crippen molar-refractivity contribution < 1.29 is 23.9 Å². The number of hydrogen-bond acceptors (Lipinski definition) is 7. The molecule has 3 rings (SSSR count). The van der Waals surface area contributed by atoms with Gasteiger partial charge in [-0.2, -0.15) is 0 Å². The zero-order chi connectivity index (χ0) is 20.4. The summed E-state index contributed by atoms with van der Waals surface area (Å²) in [6, 6.07) is 5.42. The molecule has 1 aromatic heterocycles. The molecule has 0 unspecified atom stereocenters. The van der Waals surface area contributed by atoms with Gasteiger partial charge in [0.05, 0.1) is 17.4 Å². The van der Waals surface area contributed by atoms with Crippen molar-refractivity contribution in [2.24, 2.45) is 5.92 Å². The van der Waals surface area contributed by atoms with Gasteiger partial charge >= 0.3 is 12.0 Å². The Morgan fingerprint density at radius 1 is 1.04 bits per heavy atom. The molecule has 144 valence electrons. The van der Waals surface area contributed by atoms with E-state index in [2.05, 4.69) is 15.3 Å². The first-order valence-electron chi connectivity index (χ1n) is 7.93. The fourth-order valence-corrected chi connectivity index (χ4v) is 2.51. The summed E-state index contributed by atoms with van der Waals surface area (Å²) < 4.78 is 5.43. The molecule has 0 radical (unpaired) electrons. The van der Waals surface area contributed by atoms with Crippen LogP contribution in [-0.4, -0.2) is 57.6 Å². The number of urea groups is 1. The Balaban J connectivity index is 1.68. The minimum Gasteiger partial charge on any atom is -0.424 e. The number of halogens is 1. The molecule has 28 heavy (non-hydrogen) atoms. The number of barbiturate groups is 1. The zero-order valence-electron chi connectivity index (χ0n) is 14.7. The van der Waals surface area contributed by atoms with E-state index in [0.717, 1.165) is 9.80 Å². The van der Waals surface area contributed by atoms with Crippen LogP contribution in [0.1, 0.15) is 0 Å². The molecule has 5 amide bonds. The number of rotatable bonds is 4. The fourth-order valence-electron chi connectivity index (χ4n) is 2.41.